The summed E-state index contributed by atoms with van der Waals surface area (Å²) in [6.07, 6.45) is 66.9. The number of rotatable bonds is 50. The van der Waals surface area contributed by atoms with Gasteiger partial charge in [0.25, 0.3) is 0 Å². The maximum absolute atomic E-state index is 12.9. The van der Waals surface area contributed by atoms with Crippen molar-refractivity contribution in [3.05, 3.63) is 0 Å². The van der Waals surface area contributed by atoms with E-state index in [-0.39, 0.29) is 12.1 Å². The highest BCUT2D eigenvalue weighted by Crippen LogP contribution is 2.20. The van der Waals surface area contributed by atoms with E-state index in [1.54, 1.807) is 0 Å². The molecule has 2 nitrogen and oxygen atoms in total. The number of carbonyl (C=O) groups is 1. The molecule has 2 heteroatoms. The molecule has 0 amide bonds. The molecule has 0 N–H and O–H groups in total. The van der Waals surface area contributed by atoms with Gasteiger partial charge in [-0.25, -0.2) is 0 Å². The summed E-state index contributed by atoms with van der Waals surface area (Å²) in [4.78, 5) is 12.9. The maximum atomic E-state index is 12.9. The minimum absolute atomic E-state index is 0.0851. The van der Waals surface area contributed by atoms with Gasteiger partial charge in [-0.05, 0) is 32.1 Å². The van der Waals surface area contributed by atoms with Gasteiger partial charge in [0, 0.05) is 6.42 Å². The zero-order valence-corrected chi connectivity index (χ0v) is 39.5. The standard InChI is InChI=1S/C54H108O2/c1-4-7-10-13-16-19-22-25-27-28-29-30-32-34-37-40-43-46-49-52-54(55)56-53(50-47-44-41-38-35-24-21-18-15-12-9-6-3)51-48-45-42-39-36-33-31-26-23-20-17-14-11-8-5-2/h53H,4-52H2,1-3H3. The van der Waals surface area contributed by atoms with Gasteiger partial charge in [0.1, 0.15) is 6.10 Å². The van der Waals surface area contributed by atoms with Crippen LogP contribution in [0.3, 0.4) is 0 Å². The van der Waals surface area contributed by atoms with Crippen molar-refractivity contribution in [2.75, 3.05) is 0 Å². The predicted octanol–water partition coefficient (Wildman–Crippen LogP) is 20.1. The van der Waals surface area contributed by atoms with Crippen LogP contribution in [0.2, 0.25) is 0 Å². The molecule has 0 aliphatic carbocycles. The third-order valence-corrected chi connectivity index (χ3v) is 12.8. The molecule has 0 fully saturated rings. The second kappa shape index (κ2) is 50.6. The maximum Gasteiger partial charge on any atom is 0.306 e. The minimum Gasteiger partial charge on any atom is -0.462 e. The van der Waals surface area contributed by atoms with Gasteiger partial charge in [-0.1, -0.05) is 297 Å². The summed E-state index contributed by atoms with van der Waals surface area (Å²) >= 11 is 0. The molecule has 0 radical (unpaired) electrons. The van der Waals surface area contributed by atoms with Crippen molar-refractivity contribution in [1.29, 1.82) is 0 Å². The van der Waals surface area contributed by atoms with Crippen LogP contribution in [-0.4, -0.2) is 12.1 Å². The van der Waals surface area contributed by atoms with E-state index >= 15 is 0 Å². The fraction of sp³-hybridized carbons (Fsp3) is 0.981. The summed E-state index contributed by atoms with van der Waals surface area (Å²) in [5, 5.41) is 0. The molecule has 336 valence electrons. The minimum atomic E-state index is 0.0851. The molecule has 0 aliphatic heterocycles. The van der Waals surface area contributed by atoms with E-state index in [9.17, 15) is 4.79 Å². The zero-order valence-electron chi connectivity index (χ0n) is 39.5. The lowest BCUT2D eigenvalue weighted by atomic mass is 10.0. The number of unbranched alkanes of at least 4 members (excludes halogenated alkanes) is 43. The lowest BCUT2D eigenvalue weighted by molar-refractivity contribution is -0.150. The zero-order chi connectivity index (χ0) is 40.5. The highest BCUT2D eigenvalue weighted by Gasteiger charge is 2.14. The Morgan fingerprint density at radius 2 is 0.446 bits per heavy atom. The molecule has 0 aromatic carbocycles. The molecule has 0 bridgehead atoms. The van der Waals surface area contributed by atoms with E-state index in [4.69, 9.17) is 4.74 Å². The number of carbonyl (C=O) groups excluding carboxylic acids is 1. The average molecular weight is 789 g/mol. The first-order valence-corrected chi connectivity index (χ1v) is 26.9. The third-order valence-electron chi connectivity index (χ3n) is 12.8. The van der Waals surface area contributed by atoms with Crippen LogP contribution in [0.1, 0.15) is 335 Å². The Labute approximate surface area is 355 Å². The van der Waals surface area contributed by atoms with Crippen LogP contribution in [0.4, 0.5) is 0 Å². The van der Waals surface area contributed by atoms with Crippen molar-refractivity contribution in [3.8, 4) is 0 Å². The largest absolute Gasteiger partial charge is 0.462 e. The van der Waals surface area contributed by atoms with Crippen molar-refractivity contribution in [2.24, 2.45) is 0 Å². The van der Waals surface area contributed by atoms with Crippen molar-refractivity contribution in [2.45, 2.75) is 341 Å². The highest BCUT2D eigenvalue weighted by molar-refractivity contribution is 5.69. The van der Waals surface area contributed by atoms with E-state index in [1.807, 2.05) is 0 Å². The van der Waals surface area contributed by atoms with Gasteiger partial charge in [0.2, 0.25) is 0 Å². The van der Waals surface area contributed by atoms with E-state index in [0.717, 1.165) is 19.3 Å². The first-order valence-electron chi connectivity index (χ1n) is 26.9. The summed E-state index contributed by atoms with van der Waals surface area (Å²) in [5.41, 5.74) is 0. The molecule has 0 aromatic heterocycles. The molecule has 0 aromatic rings. The Balaban J connectivity index is 4.00. The molecule has 0 saturated heterocycles. The number of esters is 1. The second-order valence-corrected chi connectivity index (χ2v) is 18.6. The summed E-state index contributed by atoms with van der Waals surface area (Å²) in [6, 6.07) is 0. The van der Waals surface area contributed by atoms with Gasteiger partial charge >= 0.3 is 5.97 Å². The molecule has 0 rings (SSSR count). The molecule has 0 heterocycles. The quantitative estimate of drug-likeness (QED) is 0.0453. The van der Waals surface area contributed by atoms with Crippen LogP contribution < -0.4 is 0 Å². The number of hydrogen-bond acceptors (Lipinski definition) is 2. The van der Waals surface area contributed by atoms with Crippen LogP contribution in [0.25, 0.3) is 0 Å². The van der Waals surface area contributed by atoms with Crippen LogP contribution in [0, 0.1) is 0 Å². The van der Waals surface area contributed by atoms with Gasteiger partial charge < -0.3 is 4.74 Å². The molecule has 0 spiro atoms. The molecule has 0 saturated carbocycles. The van der Waals surface area contributed by atoms with Crippen molar-refractivity contribution >= 4 is 5.97 Å². The Morgan fingerprint density at radius 3 is 0.661 bits per heavy atom. The van der Waals surface area contributed by atoms with Gasteiger partial charge in [0.05, 0.1) is 0 Å². The fourth-order valence-electron chi connectivity index (χ4n) is 8.81. The van der Waals surface area contributed by atoms with E-state index < -0.39 is 0 Å². The number of hydrogen-bond donors (Lipinski definition) is 0. The summed E-state index contributed by atoms with van der Waals surface area (Å²) < 4.78 is 6.17. The SMILES string of the molecule is CCCCCCCCCCCCCCCCCCCCCC(=O)OC(CCCCCCCCCCCCCC)CCCCCCCCCCCCCCCCC. The average Bonchev–Trinajstić information content (AvgIpc) is 3.20. The molecule has 1 unspecified atom stereocenters. The first kappa shape index (κ1) is 55.5. The fourth-order valence-corrected chi connectivity index (χ4v) is 8.81. The molecule has 56 heavy (non-hydrogen) atoms. The lowest BCUT2D eigenvalue weighted by Crippen LogP contribution is -2.18. The molecular weight excluding hydrogens is 681 g/mol. The van der Waals surface area contributed by atoms with Crippen molar-refractivity contribution < 1.29 is 9.53 Å². The Bertz CT molecular complexity index is 703. The van der Waals surface area contributed by atoms with Crippen LogP contribution in [0.15, 0.2) is 0 Å². The predicted molar refractivity (Wildman–Crippen MR) is 253 cm³/mol. The van der Waals surface area contributed by atoms with Crippen LogP contribution >= 0.6 is 0 Å². The molecule has 0 aliphatic rings. The summed E-state index contributed by atoms with van der Waals surface area (Å²) in [5.74, 6) is 0.0851. The van der Waals surface area contributed by atoms with Gasteiger partial charge in [0.15, 0.2) is 0 Å². The van der Waals surface area contributed by atoms with Crippen LogP contribution in [-0.2, 0) is 9.53 Å². The normalized spacial score (nSPS) is 12.1. The van der Waals surface area contributed by atoms with Gasteiger partial charge in [-0.2, -0.15) is 0 Å². The van der Waals surface area contributed by atoms with E-state index in [1.165, 1.54) is 289 Å². The lowest BCUT2D eigenvalue weighted by Gasteiger charge is -2.18. The van der Waals surface area contributed by atoms with Gasteiger partial charge in [-0.3, -0.25) is 4.79 Å². The van der Waals surface area contributed by atoms with E-state index in [0.29, 0.717) is 6.42 Å². The monoisotopic (exact) mass is 789 g/mol. The second-order valence-electron chi connectivity index (χ2n) is 18.6. The van der Waals surface area contributed by atoms with E-state index in [2.05, 4.69) is 20.8 Å². The first-order chi connectivity index (χ1) is 27.7. The Morgan fingerprint density at radius 1 is 0.268 bits per heavy atom. The molecule has 1 atom stereocenters. The third kappa shape index (κ3) is 47.8. The number of ether oxygens (including phenoxy) is 1. The van der Waals surface area contributed by atoms with Crippen molar-refractivity contribution in [3.63, 3.8) is 0 Å². The molecular formula is C54H108O2. The summed E-state index contributed by atoms with van der Waals surface area (Å²) in [7, 11) is 0. The topological polar surface area (TPSA) is 26.3 Å². The Hall–Kier alpha value is -0.530. The smallest absolute Gasteiger partial charge is 0.306 e. The van der Waals surface area contributed by atoms with Crippen LogP contribution in [0.5, 0.6) is 0 Å². The Kier molecular flexibility index (Phi) is 50.1. The van der Waals surface area contributed by atoms with Gasteiger partial charge in [-0.15, -0.1) is 0 Å². The summed E-state index contributed by atoms with van der Waals surface area (Å²) in [6.45, 7) is 6.91. The highest BCUT2D eigenvalue weighted by atomic mass is 16.5. The van der Waals surface area contributed by atoms with Crippen molar-refractivity contribution in [1.82, 2.24) is 0 Å².